The van der Waals surface area contributed by atoms with Crippen LogP contribution in [0.5, 0.6) is 5.75 Å². The standard InChI is InChI=1S/C14H16F3NO3/c15-14(16,17)12-4-3-10(9-11(12)13(19)20)21-8-7-18-5-1-2-6-18/h3-4,9H,1-2,5-8H2,(H,19,20). The van der Waals surface area contributed by atoms with Gasteiger partial charge < -0.3 is 9.84 Å². The number of likely N-dealkylation sites (tertiary alicyclic amines) is 1. The molecule has 7 heteroatoms. The molecular weight excluding hydrogens is 287 g/mol. The van der Waals surface area contributed by atoms with E-state index in [-0.39, 0.29) is 5.75 Å². The normalized spacial score (nSPS) is 16.1. The fourth-order valence-corrected chi connectivity index (χ4v) is 2.34. The molecule has 1 saturated heterocycles. The number of carboxylic acids is 1. The van der Waals surface area contributed by atoms with Crippen LogP contribution in [0.1, 0.15) is 28.8 Å². The van der Waals surface area contributed by atoms with Crippen molar-refractivity contribution < 1.29 is 27.8 Å². The van der Waals surface area contributed by atoms with Crippen LogP contribution in [-0.4, -0.2) is 42.2 Å². The Kier molecular flexibility index (Phi) is 4.72. The molecule has 116 valence electrons. The van der Waals surface area contributed by atoms with Crippen molar-refractivity contribution in [2.24, 2.45) is 0 Å². The van der Waals surface area contributed by atoms with E-state index in [1.54, 1.807) is 0 Å². The van der Waals surface area contributed by atoms with Gasteiger partial charge in [0.2, 0.25) is 0 Å². The molecule has 0 spiro atoms. The van der Waals surface area contributed by atoms with Gasteiger partial charge in [-0.25, -0.2) is 4.79 Å². The van der Waals surface area contributed by atoms with Gasteiger partial charge in [0.05, 0.1) is 11.1 Å². The van der Waals surface area contributed by atoms with Gasteiger partial charge in [-0.05, 0) is 44.1 Å². The Hall–Kier alpha value is -1.76. The van der Waals surface area contributed by atoms with E-state index in [0.717, 1.165) is 44.1 Å². The van der Waals surface area contributed by atoms with Crippen molar-refractivity contribution in [1.82, 2.24) is 4.90 Å². The van der Waals surface area contributed by atoms with Gasteiger partial charge in [0.25, 0.3) is 0 Å². The first-order valence-corrected chi connectivity index (χ1v) is 6.67. The molecule has 0 amide bonds. The molecule has 1 fully saturated rings. The number of carboxylic acid groups (broad SMARTS) is 1. The molecule has 1 heterocycles. The van der Waals surface area contributed by atoms with E-state index in [0.29, 0.717) is 13.2 Å². The minimum atomic E-state index is -4.69. The number of benzene rings is 1. The van der Waals surface area contributed by atoms with Crippen molar-refractivity contribution in [3.05, 3.63) is 29.3 Å². The smallest absolute Gasteiger partial charge is 0.417 e. The summed E-state index contributed by atoms with van der Waals surface area (Å²) in [5.74, 6) is -1.48. The van der Waals surface area contributed by atoms with Crippen LogP contribution in [0.25, 0.3) is 0 Å². The highest BCUT2D eigenvalue weighted by molar-refractivity contribution is 5.90. The molecule has 0 atom stereocenters. The summed E-state index contributed by atoms with van der Waals surface area (Å²) in [5.41, 5.74) is -1.96. The van der Waals surface area contributed by atoms with Crippen LogP contribution >= 0.6 is 0 Å². The van der Waals surface area contributed by atoms with E-state index in [4.69, 9.17) is 9.84 Å². The fourth-order valence-electron chi connectivity index (χ4n) is 2.34. The maximum absolute atomic E-state index is 12.7. The van der Waals surface area contributed by atoms with Crippen LogP contribution in [0.15, 0.2) is 18.2 Å². The van der Waals surface area contributed by atoms with E-state index < -0.39 is 23.3 Å². The summed E-state index contributed by atoms with van der Waals surface area (Å²) < 4.78 is 43.4. The van der Waals surface area contributed by atoms with Gasteiger partial charge in [0, 0.05) is 6.54 Å². The maximum atomic E-state index is 12.7. The Labute approximate surface area is 120 Å². The summed E-state index contributed by atoms with van der Waals surface area (Å²) in [7, 11) is 0. The Morgan fingerprint density at radius 3 is 2.52 bits per heavy atom. The van der Waals surface area contributed by atoms with Crippen molar-refractivity contribution in [1.29, 1.82) is 0 Å². The van der Waals surface area contributed by atoms with Crippen LogP contribution < -0.4 is 4.74 Å². The van der Waals surface area contributed by atoms with Gasteiger partial charge in [-0.2, -0.15) is 13.2 Å². The van der Waals surface area contributed by atoms with E-state index >= 15 is 0 Å². The molecule has 4 nitrogen and oxygen atoms in total. The largest absolute Gasteiger partial charge is 0.492 e. The molecule has 1 aliphatic rings. The lowest BCUT2D eigenvalue weighted by atomic mass is 10.1. The second-order valence-corrected chi connectivity index (χ2v) is 4.91. The number of hydrogen-bond acceptors (Lipinski definition) is 3. The molecule has 1 aromatic carbocycles. The molecule has 1 N–H and O–H groups in total. The van der Waals surface area contributed by atoms with E-state index in [1.807, 2.05) is 0 Å². The van der Waals surface area contributed by atoms with Gasteiger partial charge in [0.15, 0.2) is 0 Å². The molecule has 0 radical (unpaired) electrons. The molecule has 0 unspecified atom stereocenters. The van der Waals surface area contributed by atoms with Gasteiger partial charge >= 0.3 is 12.1 Å². The van der Waals surface area contributed by atoms with Crippen molar-refractivity contribution in [2.75, 3.05) is 26.2 Å². The third-order valence-electron chi connectivity index (χ3n) is 3.40. The Morgan fingerprint density at radius 2 is 1.95 bits per heavy atom. The molecule has 0 aliphatic carbocycles. The predicted molar refractivity (Wildman–Crippen MR) is 69.6 cm³/mol. The monoisotopic (exact) mass is 303 g/mol. The van der Waals surface area contributed by atoms with Crippen LogP contribution in [0.2, 0.25) is 0 Å². The topological polar surface area (TPSA) is 49.8 Å². The fraction of sp³-hybridized carbons (Fsp3) is 0.500. The van der Waals surface area contributed by atoms with Crippen LogP contribution in [0.4, 0.5) is 13.2 Å². The third kappa shape index (κ3) is 4.10. The first-order valence-electron chi connectivity index (χ1n) is 6.67. The summed E-state index contributed by atoms with van der Waals surface area (Å²) >= 11 is 0. The Balaban J connectivity index is 2.03. The van der Waals surface area contributed by atoms with Crippen molar-refractivity contribution in [3.8, 4) is 5.75 Å². The average molecular weight is 303 g/mol. The second-order valence-electron chi connectivity index (χ2n) is 4.91. The second kappa shape index (κ2) is 6.34. The lowest BCUT2D eigenvalue weighted by Crippen LogP contribution is -2.25. The first-order chi connectivity index (χ1) is 9.88. The molecule has 0 aromatic heterocycles. The lowest BCUT2D eigenvalue weighted by Gasteiger charge is -2.16. The zero-order chi connectivity index (χ0) is 15.5. The first kappa shape index (κ1) is 15.6. The quantitative estimate of drug-likeness (QED) is 0.908. The summed E-state index contributed by atoms with van der Waals surface area (Å²) in [6, 6.07) is 2.82. The summed E-state index contributed by atoms with van der Waals surface area (Å²) in [4.78, 5) is 13.1. The van der Waals surface area contributed by atoms with Crippen molar-refractivity contribution in [3.63, 3.8) is 0 Å². The van der Waals surface area contributed by atoms with E-state index in [1.165, 1.54) is 0 Å². The molecule has 2 rings (SSSR count). The summed E-state index contributed by atoms with van der Waals surface area (Å²) in [6.45, 7) is 3.00. The molecular formula is C14H16F3NO3. The number of alkyl halides is 3. The Morgan fingerprint density at radius 1 is 1.29 bits per heavy atom. The highest BCUT2D eigenvalue weighted by atomic mass is 19.4. The molecule has 0 saturated carbocycles. The lowest BCUT2D eigenvalue weighted by molar-refractivity contribution is -0.138. The number of hydrogen-bond donors (Lipinski definition) is 1. The zero-order valence-corrected chi connectivity index (χ0v) is 11.3. The van der Waals surface area contributed by atoms with E-state index in [2.05, 4.69) is 4.90 Å². The number of halogens is 3. The van der Waals surface area contributed by atoms with Crippen LogP contribution in [-0.2, 0) is 6.18 Å². The van der Waals surface area contributed by atoms with Crippen molar-refractivity contribution >= 4 is 5.97 Å². The minimum absolute atomic E-state index is 0.139. The SMILES string of the molecule is O=C(O)c1cc(OCCN2CCCC2)ccc1C(F)(F)F. The van der Waals surface area contributed by atoms with Gasteiger partial charge in [-0.3, -0.25) is 4.90 Å². The predicted octanol–water partition coefficient (Wildman–Crippen LogP) is 2.88. The van der Waals surface area contributed by atoms with Gasteiger partial charge in [-0.15, -0.1) is 0 Å². The summed E-state index contributed by atoms with van der Waals surface area (Å²) in [6.07, 6.45) is -2.41. The maximum Gasteiger partial charge on any atom is 0.417 e. The van der Waals surface area contributed by atoms with E-state index in [9.17, 15) is 18.0 Å². The third-order valence-corrected chi connectivity index (χ3v) is 3.40. The Bertz CT molecular complexity index is 511. The minimum Gasteiger partial charge on any atom is -0.492 e. The number of ether oxygens (including phenoxy) is 1. The number of aromatic carboxylic acids is 1. The van der Waals surface area contributed by atoms with Crippen LogP contribution in [0.3, 0.4) is 0 Å². The van der Waals surface area contributed by atoms with Crippen molar-refractivity contribution in [2.45, 2.75) is 19.0 Å². The molecule has 21 heavy (non-hydrogen) atoms. The number of nitrogens with zero attached hydrogens (tertiary/aromatic N) is 1. The highest BCUT2D eigenvalue weighted by Gasteiger charge is 2.35. The zero-order valence-electron chi connectivity index (χ0n) is 11.3. The van der Waals surface area contributed by atoms with Gasteiger partial charge in [-0.1, -0.05) is 0 Å². The summed E-state index contributed by atoms with van der Waals surface area (Å²) in [5, 5.41) is 8.89. The molecule has 1 aromatic rings. The number of carbonyl (C=O) groups is 1. The number of rotatable bonds is 5. The van der Waals surface area contributed by atoms with Crippen LogP contribution in [0, 0.1) is 0 Å². The molecule has 1 aliphatic heterocycles. The molecule has 0 bridgehead atoms. The van der Waals surface area contributed by atoms with Gasteiger partial charge in [0.1, 0.15) is 12.4 Å². The average Bonchev–Trinajstić information content (AvgIpc) is 2.90. The highest BCUT2D eigenvalue weighted by Crippen LogP contribution is 2.33.